The van der Waals surface area contributed by atoms with Crippen LogP contribution < -0.4 is 0 Å². The molecule has 3 aromatic heterocycles. The standard InChI is InChI=1S/C22H21N5/c23-11-9-19(15-5-1-2-6-15)27-13-18(16-7-3-4-8-20(16)27)21-17-10-12-24-22(17)26-14-25-21/h3-4,7-8,10,12-15,19H,1-2,5-6,9H2,(H,24,25,26). The molecule has 0 amide bonds. The SMILES string of the molecule is N#CCC(C1CCCC1)n1cc(-c2ncnc3[nH]ccc23)c2ccccc21. The molecule has 5 nitrogen and oxygen atoms in total. The van der Waals surface area contributed by atoms with E-state index in [9.17, 15) is 5.26 Å². The number of nitrogens with zero attached hydrogens (tertiary/aromatic N) is 4. The van der Waals surface area contributed by atoms with Gasteiger partial charge in [0.2, 0.25) is 0 Å². The molecule has 0 radical (unpaired) electrons. The average molecular weight is 355 g/mol. The Morgan fingerprint density at radius 2 is 2.00 bits per heavy atom. The number of rotatable bonds is 4. The maximum Gasteiger partial charge on any atom is 0.141 e. The number of nitriles is 1. The molecule has 1 saturated carbocycles. The zero-order valence-corrected chi connectivity index (χ0v) is 15.1. The van der Waals surface area contributed by atoms with E-state index in [1.165, 1.54) is 36.6 Å². The van der Waals surface area contributed by atoms with Crippen molar-refractivity contribution in [3.63, 3.8) is 0 Å². The van der Waals surface area contributed by atoms with Crippen LogP contribution in [-0.2, 0) is 0 Å². The van der Waals surface area contributed by atoms with E-state index in [-0.39, 0.29) is 6.04 Å². The van der Waals surface area contributed by atoms with Crippen molar-refractivity contribution in [3.05, 3.63) is 49.1 Å². The van der Waals surface area contributed by atoms with Crippen molar-refractivity contribution in [2.45, 2.75) is 38.1 Å². The highest BCUT2D eigenvalue weighted by atomic mass is 15.0. The van der Waals surface area contributed by atoms with Crippen LogP contribution in [0.3, 0.4) is 0 Å². The zero-order valence-electron chi connectivity index (χ0n) is 15.1. The second kappa shape index (κ2) is 6.55. The fraction of sp³-hybridized carbons (Fsp3) is 0.318. The number of H-pyrrole nitrogens is 1. The largest absolute Gasteiger partial charge is 0.346 e. The van der Waals surface area contributed by atoms with Crippen molar-refractivity contribution >= 4 is 21.9 Å². The molecule has 5 rings (SSSR count). The molecule has 3 heterocycles. The van der Waals surface area contributed by atoms with Gasteiger partial charge < -0.3 is 9.55 Å². The van der Waals surface area contributed by atoms with Crippen LogP contribution in [0.1, 0.15) is 38.1 Å². The number of aromatic amines is 1. The van der Waals surface area contributed by atoms with E-state index in [0.717, 1.165) is 22.3 Å². The predicted molar refractivity (Wildman–Crippen MR) is 106 cm³/mol. The summed E-state index contributed by atoms with van der Waals surface area (Å²) >= 11 is 0. The molecule has 0 saturated heterocycles. The molecule has 5 heteroatoms. The van der Waals surface area contributed by atoms with Crippen LogP contribution in [0, 0.1) is 17.2 Å². The molecule has 1 aliphatic carbocycles. The Morgan fingerprint density at radius 3 is 2.85 bits per heavy atom. The molecule has 0 aliphatic heterocycles. The summed E-state index contributed by atoms with van der Waals surface area (Å²) in [5.74, 6) is 0.575. The summed E-state index contributed by atoms with van der Waals surface area (Å²) in [7, 11) is 0. The van der Waals surface area contributed by atoms with Gasteiger partial charge in [0.25, 0.3) is 0 Å². The van der Waals surface area contributed by atoms with Crippen molar-refractivity contribution in [2.75, 3.05) is 0 Å². The third-order valence-electron chi connectivity index (χ3n) is 5.95. The summed E-state index contributed by atoms with van der Waals surface area (Å²) in [5.41, 5.74) is 4.08. The van der Waals surface area contributed by atoms with Gasteiger partial charge in [-0.2, -0.15) is 5.26 Å². The first-order chi connectivity index (χ1) is 13.4. The van der Waals surface area contributed by atoms with E-state index in [2.05, 4.69) is 56.1 Å². The quantitative estimate of drug-likeness (QED) is 0.545. The smallest absolute Gasteiger partial charge is 0.141 e. The lowest BCUT2D eigenvalue weighted by molar-refractivity contribution is 0.347. The summed E-state index contributed by atoms with van der Waals surface area (Å²) in [5, 5.41) is 11.7. The molecule has 4 aromatic rings. The van der Waals surface area contributed by atoms with Gasteiger partial charge in [-0.25, -0.2) is 9.97 Å². The number of aromatic nitrogens is 4. The Hall–Kier alpha value is -3.13. The maximum absolute atomic E-state index is 9.48. The predicted octanol–water partition coefficient (Wildman–Crippen LogP) is 5.22. The minimum Gasteiger partial charge on any atom is -0.346 e. The average Bonchev–Trinajstić information content (AvgIpc) is 3.45. The molecule has 1 N–H and O–H groups in total. The Kier molecular flexibility index (Phi) is 3.90. The molecular formula is C22H21N5. The van der Waals surface area contributed by atoms with E-state index in [1.807, 2.05) is 12.3 Å². The van der Waals surface area contributed by atoms with Crippen molar-refractivity contribution in [1.29, 1.82) is 5.26 Å². The van der Waals surface area contributed by atoms with Crippen molar-refractivity contribution in [3.8, 4) is 17.3 Å². The molecule has 1 atom stereocenters. The van der Waals surface area contributed by atoms with Crippen LogP contribution in [0.5, 0.6) is 0 Å². The first-order valence-electron chi connectivity index (χ1n) is 9.62. The highest BCUT2D eigenvalue weighted by Crippen LogP contribution is 2.41. The molecule has 1 unspecified atom stereocenters. The minimum absolute atomic E-state index is 0.222. The lowest BCUT2D eigenvalue weighted by Crippen LogP contribution is -2.16. The van der Waals surface area contributed by atoms with Gasteiger partial charge in [-0.15, -0.1) is 0 Å². The number of nitrogens with one attached hydrogen (secondary N) is 1. The monoisotopic (exact) mass is 355 g/mol. The van der Waals surface area contributed by atoms with Gasteiger partial charge in [-0.05, 0) is 30.9 Å². The van der Waals surface area contributed by atoms with Crippen LogP contribution in [0.2, 0.25) is 0 Å². The highest BCUT2D eigenvalue weighted by molar-refractivity contribution is 6.02. The lowest BCUT2D eigenvalue weighted by Gasteiger charge is -2.23. The maximum atomic E-state index is 9.48. The molecule has 1 aromatic carbocycles. The first kappa shape index (κ1) is 16.1. The summed E-state index contributed by atoms with van der Waals surface area (Å²) in [6.07, 6.45) is 11.2. The van der Waals surface area contributed by atoms with Gasteiger partial charge in [0.1, 0.15) is 12.0 Å². The highest BCUT2D eigenvalue weighted by Gasteiger charge is 2.28. The molecule has 27 heavy (non-hydrogen) atoms. The van der Waals surface area contributed by atoms with Crippen molar-refractivity contribution in [2.24, 2.45) is 5.92 Å². The number of para-hydroxylation sites is 1. The summed E-state index contributed by atoms with van der Waals surface area (Å²) < 4.78 is 2.34. The van der Waals surface area contributed by atoms with E-state index >= 15 is 0 Å². The molecule has 1 fully saturated rings. The van der Waals surface area contributed by atoms with E-state index in [4.69, 9.17) is 0 Å². The van der Waals surface area contributed by atoms with Gasteiger partial charge >= 0.3 is 0 Å². The Bertz CT molecular complexity index is 1140. The second-order valence-electron chi connectivity index (χ2n) is 7.40. The third kappa shape index (κ3) is 2.60. The van der Waals surface area contributed by atoms with Gasteiger partial charge in [-0.3, -0.25) is 0 Å². The van der Waals surface area contributed by atoms with Crippen LogP contribution in [0.25, 0.3) is 33.2 Å². The summed E-state index contributed by atoms with van der Waals surface area (Å²) in [6.45, 7) is 0. The molecular weight excluding hydrogens is 334 g/mol. The lowest BCUT2D eigenvalue weighted by atomic mass is 9.95. The van der Waals surface area contributed by atoms with E-state index in [1.54, 1.807) is 6.33 Å². The van der Waals surface area contributed by atoms with Crippen LogP contribution in [0.15, 0.2) is 49.1 Å². The van der Waals surface area contributed by atoms with Crippen LogP contribution in [-0.4, -0.2) is 19.5 Å². The Balaban J connectivity index is 1.73. The van der Waals surface area contributed by atoms with Gasteiger partial charge in [-0.1, -0.05) is 31.0 Å². The van der Waals surface area contributed by atoms with Gasteiger partial charge in [0.05, 0.1) is 18.2 Å². The normalized spacial score (nSPS) is 16.1. The fourth-order valence-electron chi connectivity index (χ4n) is 4.68. The van der Waals surface area contributed by atoms with E-state index < -0.39 is 0 Å². The fourth-order valence-corrected chi connectivity index (χ4v) is 4.68. The van der Waals surface area contributed by atoms with E-state index in [0.29, 0.717) is 12.3 Å². The summed E-state index contributed by atoms with van der Waals surface area (Å²) in [4.78, 5) is 12.1. The third-order valence-corrected chi connectivity index (χ3v) is 5.95. The second-order valence-corrected chi connectivity index (χ2v) is 7.40. The molecule has 1 aliphatic rings. The zero-order chi connectivity index (χ0) is 18.2. The topological polar surface area (TPSA) is 70.3 Å². The van der Waals surface area contributed by atoms with Crippen molar-refractivity contribution in [1.82, 2.24) is 19.5 Å². The minimum atomic E-state index is 0.222. The van der Waals surface area contributed by atoms with Crippen molar-refractivity contribution < 1.29 is 0 Å². The van der Waals surface area contributed by atoms with Gasteiger partial charge in [0, 0.05) is 40.3 Å². The molecule has 0 bridgehead atoms. The number of hydrogen-bond acceptors (Lipinski definition) is 3. The number of benzene rings is 1. The number of hydrogen-bond donors (Lipinski definition) is 1. The molecule has 134 valence electrons. The number of fused-ring (bicyclic) bond motifs is 2. The Morgan fingerprint density at radius 1 is 1.15 bits per heavy atom. The Labute approximate surface area is 157 Å². The molecule has 0 spiro atoms. The van der Waals surface area contributed by atoms with Gasteiger partial charge in [0.15, 0.2) is 0 Å². The first-order valence-corrected chi connectivity index (χ1v) is 9.62. The summed E-state index contributed by atoms with van der Waals surface area (Å²) in [6, 6.07) is 13.1. The van der Waals surface area contributed by atoms with Crippen LogP contribution in [0.4, 0.5) is 0 Å². The van der Waals surface area contributed by atoms with Crippen LogP contribution >= 0.6 is 0 Å².